The predicted molar refractivity (Wildman–Crippen MR) is 83.8 cm³/mol. The molecule has 114 valence electrons. The van der Waals surface area contributed by atoms with Crippen molar-refractivity contribution in [2.45, 2.75) is 42.8 Å². The van der Waals surface area contributed by atoms with E-state index in [2.05, 4.69) is 0 Å². The molecule has 0 aromatic heterocycles. The predicted octanol–water partition coefficient (Wildman–Crippen LogP) is 3.27. The van der Waals surface area contributed by atoms with E-state index in [1.165, 1.54) is 24.6 Å². The van der Waals surface area contributed by atoms with Gasteiger partial charge in [0.1, 0.15) is 0 Å². The molecule has 4 nitrogen and oxygen atoms in total. The van der Waals surface area contributed by atoms with Gasteiger partial charge in [0, 0.05) is 18.0 Å². The summed E-state index contributed by atoms with van der Waals surface area (Å²) in [4.78, 5) is 26.2. The van der Waals surface area contributed by atoms with E-state index < -0.39 is 5.97 Å². The highest BCUT2D eigenvalue weighted by molar-refractivity contribution is 8.00. The second kappa shape index (κ2) is 7.50. The molecule has 0 bridgehead atoms. The summed E-state index contributed by atoms with van der Waals surface area (Å²) >= 11 is 1.43. The molecule has 1 N–H and O–H groups in total. The highest BCUT2D eigenvalue weighted by atomic mass is 32.2. The summed E-state index contributed by atoms with van der Waals surface area (Å²) in [5.74, 6) is -0.786. The van der Waals surface area contributed by atoms with Crippen LogP contribution in [0.1, 0.15) is 43.0 Å². The number of aromatic carboxylic acids is 1. The van der Waals surface area contributed by atoms with Crippen LogP contribution in [0.2, 0.25) is 0 Å². The van der Waals surface area contributed by atoms with Crippen molar-refractivity contribution >= 4 is 23.6 Å². The van der Waals surface area contributed by atoms with Gasteiger partial charge in [0.2, 0.25) is 5.91 Å². The molecule has 1 atom stereocenters. The third-order valence-electron chi connectivity index (χ3n) is 3.66. The van der Waals surface area contributed by atoms with Crippen LogP contribution < -0.4 is 0 Å². The molecule has 0 saturated carbocycles. The van der Waals surface area contributed by atoms with E-state index in [9.17, 15) is 9.59 Å². The lowest BCUT2D eigenvalue weighted by Crippen LogP contribution is -2.37. The van der Waals surface area contributed by atoms with Gasteiger partial charge in [-0.25, -0.2) is 4.79 Å². The van der Waals surface area contributed by atoms with Gasteiger partial charge >= 0.3 is 5.97 Å². The summed E-state index contributed by atoms with van der Waals surface area (Å²) in [5.41, 5.74) is 0.259. The fourth-order valence-corrected chi connectivity index (χ4v) is 3.52. The Morgan fingerprint density at radius 3 is 2.48 bits per heavy atom. The largest absolute Gasteiger partial charge is 0.478 e. The third kappa shape index (κ3) is 4.49. The molecule has 2 rings (SSSR count). The van der Waals surface area contributed by atoms with E-state index in [1.54, 1.807) is 18.2 Å². The van der Waals surface area contributed by atoms with E-state index in [0.29, 0.717) is 0 Å². The average Bonchev–Trinajstić information content (AvgIpc) is 2.75. The van der Waals surface area contributed by atoms with Crippen LogP contribution in [0, 0.1) is 0 Å². The molecule has 1 saturated heterocycles. The van der Waals surface area contributed by atoms with Crippen LogP contribution in [0.15, 0.2) is 29.2 Å². The van der Waals surface area contributed by atoms with Gasteiger partial charge in [-0.3, -0.25) is 4.79 Å². The first-order valence-electron chi connectivity index (χ1n) is 7.37. The molecule has 1 aromatic rings. The minimum absolute atomic E-state index is 0.155. The molecular formula is C16H21NO3S. The van der Waals surface area contributed by atoms with Gasteiger partial charge in [0.15, 0.2) is 0 Å². The van der Waals surface area contributed by atoms with Gasteiger partial charge < -0.3 is 10.0 Å². The Morgan fingerprint density at radius 2 is 1.86 bits per heavy atom. The Labute approximate surface area is 129 Å². The van der Waals surface area contributed by atoms with Gasteiger partial charge in [0.25, 0.3) is 0 Å². The highest BCUT2D eigenvalue weighted by Crippen LogP contribution is 2.26. The number of benzene rings is 1. The molecule has 5 heteroatoms. The number of carbonyl (C=O) groups is 2. The summed E-state index contributed by atoms with van der Waals surface area (Å²) in [7, 11) is 0. The maximum absolute atomic E-state index is 12.5. The number of carboxylic acids is 1. The van der Waals surface area contributed by atoms with Crippen LogP contribution in [0.3, 0.4) is 0 Å². The fraction of sp³-hybridized carbons (Fsp3) is 0.500. The van der Waals surface area contributed by atoms with Crippen molar-refractivity contribution in [1.29, 1.82) is 0 Å². The maximum Gasteiger partial charge on any atom is 0.335 e. The number of amides is 1. The molecule has 1 aliphatic rings. The Morgan fingerprint density at radius 1 is 1.19 bits per heavy atom. The molecule has 1 fully saturated rings. The normalized spacial score (nSPS) is 17.1. The minimum atomic E-state index is -0.941. The topological polar surface area (TPSA) is 57.6 Å². The molecule has 1 aromatic carbocycles. The summed E-state index contributed by atoms with van der Waals surface area (Å²) in [5, 5.41) is 8.82. The van der Waals surface area contributed by atoms with Gasteiger partial charge in [-0.05, 0) is 38.0 Å². The molecule has 0 aliphatic carbocycles. The molecule has 1 unspecified atom stereocenters. The molecular weight excluding hydrogens is 286 g/mol. The van der Waals surface area contributed by atoms with Crippen LogP contribution in [0.4, 0.5) is 0 Å². The summed E-state index contributed by atoms with van der Waals surface area (Å²) in [6, 6.07) is 6.76. The minimum Gasteiger partial charge on any atom is -0.478 e. The maximum atomic E-state index is 12.5. The van der Waals surface area contributed by atoms with Gasteiger partial charge in [0.05, 0.1) is 10.8 Å². The van der Waals surface area contributed by atoms with E-state index in [4.69, 9.17) is 5.11 Å². The van der Waals surface area contributed by atoms with Crippen molar-refractivity contribution in [3.8, 4) is 0 Å². The first-order valence-corrected chi connectivity index (χ1v) is 8.24. The second-order valence-corrected chi connectivity index (χ2v) is 6.75. The number of hydrogen-bond donors (Lipinski definition) is 1. The smallest absolute Gasteiger partial charge is 0.335 e. The average molecular weight is 307 g/mol. The van der Waals surface area contributed by atoms with Gasteiger partial charge in [-0.1, -0.05) is 18.9 Å². The summed E-state index contributed by atoms with van der Waals surface area (Å²) < 4.78 is 0. The molecule has 1 amide bonds. The van der Waals surface area contributed by atoms with Crippen LogP contribution in [-0.4, -0.2) is 40.2 Å². The number of hydrogen-bond acceptors (Lipinski definition) is 3. The van der Waals surface area contributed by atoms with Crippen molar-refractivity contribution in [2.75, 3.05) is 13.1 Å². The lowest BCUT2D eigenvalue weighted by molar-refractivity contribution is -0.130. The first kappa shape index (κ1) is 15.9. The number of thioether (sulfide) groups is 1. The van der Waals surface area contributed by atoms with Crippen LogP contribution in [-0.2, 0) is 4.79 Å². The summed E-state index contributed by atoms with van der Waals surface area (Å²) in [6.07, 6.45) is 4.56. The lowest BCUT2D eigenvalue weighted by Gasteiger charge is -2.23. The SMILES string of the molecule is CC(Sc1cccc(C(=O)O)c1)C(=O)N1CCCCCC1. The van der Waals surface area contributed by atoms with E-state index >= 15 is 0 Å². The molecule has 0 spiro atoms. The van der Waals surface area contributed by atoms with Crippen LogP contribution in [0.25, 0.3) is 0 Å². The quantitative estimate of drug-likeness (QED) is 0.867. The van der Waals surface area contributed by atoms with E-state index in [-0.39, 0.29) is 16.7 Å². The van der Waals surface area contributed by atoms with Crippen molar-refractivity contribution in [3.63, 3.8) is 0 Å². The number of carboxylic acid groups (broad SMARTS) is 1. The summed E-state index contributed by atoms with van der Waals surface area (Å²) in [6.45, 7) is 3.59. The van der Waals surface area contributed by atoms with Crippen molar-refractivity contribution in [3.05, 3.63) is 29.8 Å². The second-order valence-electron chi connectivity index (χ2n) is 5.33. The first-order chi connectivity index (χ1) is 10.1. The monoisotopic (exact) mass is 307 g/mol. The lowest BCUT2D eigenvalue weighted by atomic mass is 10.2. The molecule has 1 aliphatic heterocycles. The molecule has 21 heavy (non-hydrogen) atoms. The standard InChI is InChI=1S/C16H21NO3S/c1-12(15(18)17-9-4-2-3-5-10-17)21-14-8-6-7-13(11-14)16(19)20/h6-8,11-12H,2-5,9-10H2,1H3,(H,19,20). The van der Waals surface area contributed by atoms with Crippen LogP contribution >= 0.6 is 11.8 Å². The number of nitrogens with zero attached hydrogens (tertiary/aromatic N) is 1. The third-order valence-corrected chi connectivity index (χ3v) is 4.74. The Hall–Kier alpha value is -1.49. The fourth-order valence-electron chi connectivity index (χ4n) is 2.51. The van der Waals surface area contributed by atoms with E-state index in [0.717, 1.165) is 30.8 Å². The zero-order valence-electron chi connectivity index (χ0n) is 12.2. The Kier molecular flexibility index (Phi) is 5.67. The van der Waals surface area contributed by atoms with Gasteiger partial charge in [-0.2, -0.15) is 0 Å². The number of likely N-dealkylation sites (tertiary alicyclic amines) is 1. The molecule has 0 radical (unpaired) electrons. The zero-order valence-corrected chi connectivity index (χ0v) is 13.1. The Balaban J connectivity index is 1.99. The van der Waals surface area contributed by atoms with Crippen molar-refractivity contribution in [1.82, 2.24) is 4.90 Å². The van der Waals surface area contributed by atoms with Crippen molar-refractivity contribution < 1.29 is 14.7 Å². The van der Waals surface area contributed by atoms with E-state index in [1.807, 2.05) is 17.9 Å². The van der Waals surface area contributed by atoms with Crippen molar-refractivity contribution in [2.24, 2.45) is 0 Å². The number of carbonyl (C=O) groups excluding carboxylic acids is 1. The highest BCUT2D eigenvalue weighted by Gasteiger charge is 2.22. The Bertz CT molecular complexity index is 510. The van der Waals surface area contributed by atoms with Crippen LogP contribution in [0.5, 0.6) is 0 Å². The molecule has 1 heterocycles. The zero-order chi connectivity index (χ0) is 15.2. The van der Waals surface area contributed by atoms with Gasteiger partial charge in [-0.15, -0.1) is 11.8 Å². The number of rotatable bonds is 4.